The molecular formula is C24H30N6. The molecule has 3 aromatic rings. The molecule has 6 nitrogen and oxygen atoms in total. The van der Waals surface area contributed by atoms with Crippen LogP contribution in [0.1, 0.15) is 31.3 Å². The van der Waals surface area contributed by atoms with Crippen LogP contribution in [0.15, 0.2) is 61.3 Å². The van der Waals surface area contributed by atoms with Gasteiger partial charge in [0.2, 0.25) is 0 Å². The van der Waals surface area contributed by atoms with Crippen molar-refractivity contribution in [2.75, 3.05) is 37.1 Å². The molecule has 0 bridgehead atoms. The van der Waals surface area contributed by atoms with Crippen LogP contribution in [0.2, 0.25) is 0 Å². The molecule has 1 aliphatic heterocycles. The van der Waals surface area contributed by atoms with Gasteiger partial charge in [-0.2, -0.15) is 0 Å². The number of anilines is 3. The minimum Gasteiger partial charge on any atom is -0.382 e. The van der Waals surface area contributed by atoms with E-state index in [2.05, 4.69) is 33.9 Å². The van der Waals surface area contributed by atoms with E-state index in [1.807, 2.05) is 76.3 Å². The van der Waals surface area contributed by atoms with Gasteiger partial charge in [-0.15, -0.1) is 0 Å². The second-order valence-corrected chi connectivity index (χ2v) is 7.12. The number of nitrogens with one attached hydrogen (secondary N) is 1. The number of aromatic nitrogens is 2. The maximum Gasteiger partial charge on any atom is 0.149 e. The van der Waals surface area contributed by atoms with E-state index in [1.165, 1.54) is 0 Å². The molecule has 156 valence electrons. The zero-order valence-electron chi connectivity index (χ0n) is 18.3. The zero-order chi connectivity index (χ0) is 21.8. The molecule has 0 spiro atoms. The molecule has 2 heterocycles. The zero-order valence-corrected chi connectivity index (χ0v) is 18.3. The highest BCUT2D eigenvalue weighted by molar-refractivity contribution is 5.77. The third-order valence-corrected chi connectivity index (χ3v) is 5.11. The highest BCUT2D eigenvalue weighted by Crippen LogP contribution is 2.40. The summed E-state index contributed by atoms with van der Waals surface area (Å²) >= 11 is 0. The summed E-state index contributed by atoms with van der Waals surface area (Å²) in [5.41, 5.74) is 12.9. The summed E-state index contributed by atoms with van der Waals surface area (Å²) in [7, 11) is 5.99. The Balaban J connectivity index is 0.00000124. The molecule has 0 aliphatic carbocycles. The van der Waals surface area contributed by atoms with Gasteiger partial charge in [0.05, 0.1) is 23.3 Å². The van der Waals surface area contributed by atoms with Crippen LogP contribution in [0.25, 0.3) is 17.0 Å². The Labute approximate surface area is 179 Å². The summed E-state index contributed by atoms with van der Waals surface area (Å²) < 4.78 is 0. The first kappa shape index (κ1) is 21.2. The molecular weight excluding hydrogens is 372 g/mol. The Bertz CT molecular complexity index is 1030. The molecule has 0 saturated carbocycles. The lowest BCUT2D eigenvalue weighted by Gasteiger charge is -2.22. The molecule has 4 rings (SSSR count). The van der Waals surface area contributed by atoms with Crippen molar-refractivity contribution in [3.05, 3.63) is 72.6 Å². The fraction of sp³-hybridized carbons (Fsp3) is 0.250. The minimum atomic E-state index is -0.155. The van der Waals surface area contributed by atoms with Gasteiger partial charge in [-0.05, 0) is 17.7 Å². The van der Waals surface area contributed by atoms with E-state index in [0.717, 1.165) is 39.6 Å². The van der Waals surface area contributed by atoms with Gasteiger partial charge in [0, 0.05) is 32.4 Å². The average molecular weight is 403 g/mol. The standard InChI is InChI=1S/C22H24N6.C2H6/c1-14(27(2)3)15-9-11-16(12-10-15)18-13-24-21(23)20(25-18)22-26-17-7-5-6-8-19(17)28(22)4;1-2/h5-13,22,26H,1H2,2-4H3,(H2,23,24);1-2H3. The van der Waals surface area contributed by atoms with Gasteiger partial charge in [0.15, 0.2) is 0 Å². The molecule has 1 aromatic heterocycles. The molecule has 1 atom stereocenters. The molecule has 6 heteroatoms. The summed E-state index contributed by atoms with van der Waals surface area (Å²) in [6, 6.07) is 16.3. The highest BCUT2D eigenvalue weighted by atomic mass is 15.3. The summed E-state index contributed by atoms with van der Waals surface area (Å²) in [4.78, 5) is 13.4. The summed E-state index contributed by atoms with van der Waals surface area (Å²) in [6.07, 6.45) is 1.56. The van der Waals surface area contributed by atoms with Crippen molar-refractivity contribution in [2.45, 2.75) is 20.0 Å². The van der Waals surface area contributed by atoms with Gasteiger partial charge < -0.3 is 20.9 Å². The van der Waals surface area contributed by atoms with E-state index in [9.17, 15) is 0 Å². The lowest BCUT2D eigenvalue weighted by molar-refractivity contribution is 0.593. The molecule has 0 fully saturated rings. The number of hydrogen-bond donors (Lipinski definition) is 2. The molecule has 0 amide bonds. The third-order valence-electron chi connectivity index (χ3n) is 5.11. The van der Waals surface area contributed by atoms with Crippen molar-refractivity contribution < 1.29 is 0 Å². The van der Waals surface area contributed by atoms with Gasteiger partial charge in [0.25, 0.3) is 0 Å². The number of nitrogen functional groups attached to an aromatic ring is 1. The van der Waals surface area contributed by atoms with E-state index < -0.39 is 0 Å². The Morgan fingerprint density at radius 1 is 1.10 bits per heavy atom. The van der Waals surface area contributed by atoms with Crippen LogP contribution in [-0.4, -0.2) is 36.0 Å². The molecule has 0 saturated heterocycles. The molecule has 2 aromatic carbocycles. The number of hydrogen-bond acceptors (Lipinski definition) is 6. The van der Waals surface area contributed by atoms with Crippen molar-refractivity contribution >= 4 is 22.9 Å². The second kappa shape index (κ2) is 8.86. The van der Waals surface area contributed by atoms with Crippen LogP contribution in [0, 0.1) is 0 Å². The molecule has 30 heavy (non-hydrogen) atoms. The summed E-state index contributed by atoms with van der Waals surface area (Å²) in [5, 5.41) is 3.48. The Hall–Kier alpha value is -3.54. The predicted molar refractivity (Wildman–Crippen MR) is 127 cm³/mol. The summed E-state index contributed by atoms with van der Waals surface area (Å²) in [6.45, 7) is 8.10. The summed E-state index contributed by atoms with van der Waals surface area (Å²) in [5.74, 6) is 0.429. The predicted octanol–water partition coefficient (Wildman–Crippen LogP) is 4.84. The Kier molecular flexibility index (Phi) is 6.26. The van der Waals surface area contributed by atoms with Gasteiger partial charge >= 0.3 is 0 Å². The van der Waals surface area contributed by atoms with Crippen LogP contribution in [0.4, 0.5) is 17.2 Å². The van der Waals surface area contributed by atoms with Gasteiger partial charge in [-0.25, -0.2) is 9.97 Å². The van der Waals surface area contributed by atoms with Crippen LogP contribution in [-0.2, 0) is 0 Å². The number of rotatable bonds is 4. The van der Waals surface area contributed by atoms with Crippen LogP contribution >= 0.6 is 0 Å². The van der Waals surface area contributed by atoms with Gasteiger partial charge in [0.1, 0.15) is 17.7 Å². The fourth-order valence-corrected chi connectivity index (χ4v) is 3.38. The lowest BCUT2D eigenvalue weighted by Crippen LogP contribution is -2.26. The first-order valence-corrected chi connectivity index (χ1v) is 10.1. The van der Waals surface area contributed by atoms with E-state index >= 15 is 0 Å². The normalized spacial score (nSPS) is 14.3. The van der Waals surface area contributed by atoms with E-state index in [0.29, 0.717) is 5.82 Å². The number of benzene rings is 2. The quantitative estimate of drug-likeness (QED) is 0.650. The maximum atomic E-state index is 6.18. The largest absolute Gasteiger partial charge is 0.382 e. The lowest BCUT2D eigenvalue weighted by atomic mass is 10.1. The van der Waals surface area contributed by atoms with Gasteiger partial charge in [-0.3, -0.25) is 0 Å². The smallest absolute Gasteiger partial charge is 0.149 e. The Morgan fingerprint density at radius 3 is 2.40 bits per heavy atom. The number of nitrogens with zero attached hydrogens (tertiary/aromatic N) is 4. The van der Waals surface area contributed by atoms with Crippen molar-refractivity contribution in [1.29, 1.82) is 0 Å². The SMILES string of the molecule is C=C(c1ccc(-c2cnc(N)c(C3Nc4ccccc4N3C)n2)cc1)N(C)C.CC. The Morgan fingerprint density at radius 2 is 1.77 bits per heavy atom. The monoisotopic (exact) mass is 402 g/mol. The van der Waals surface area contributed by atoms with E-state index in [-0.39, 0.29) is 6.17 Å². The molecule has 3 N–H and O–H groups in total. The van der Waals surface area contributed by atoms with Crippen LogP contribution in [0.3, 0.4) is 0 Å². The number of fused-ring (bicyclic) bond motifs is 1. The van der Waals surface area contributed by atoms with Crippen LogP contribution in [0.5, 0.6) is 0 Å². The number of nitrogens with two attached hydrogens (primary N) is 1. The molecule has 1 unspecified atom stereocenters. The molecule has 1 aliphatic rings. The van der Waals surface area contributed by atoms with Crippen molar-refractivity contribution in [3.63, 3.8) is 0 Å². The third kappa shape index (κ3) is 3.94. The topological polar surface area (TPSA) is 70.3 Å². The highest BCUT2D eigenvalue weighted by Gasteiger charge is 2.30. The minimum absolute atomic E-state index is 0.155. The van der Waals surface area contributed by atoms with Crippen LogP contribution < -0.4 is 16.0 Å². The average Bonchev–Trinajstić information content (AvgIpc) is 3.11. The molecule has 0 radical (unpaired) electrons. The van der Waals surface area contributed by atoms with Crippen molar-refractivity contribution in [1.82, 2.24) is 14.9 Å². The maximum absolute atomic E-state index is 6.18. The first-order valence-electron chi connectivity index (χ1n) is 10.1. The van der Waals surface area contributed by atoms with E-state index in [4.69, 9.17) is 10.7 Å². The van der Waals surface area contributed by atoms with E-state index in [1.54, 1.807) is 6.20 Å². The van der Waals surface area contributed by atoms with Crippen molar-refractivity contribution in [2.24, 2.45) is 0 Å². The van der Waals surface area contributed by atoms with Gasteiger partial charge in [-0.1, -0.05) is 56.8 Å². The first-order chi connectivity index (χ1) is 14.5. The fourth-order valence-electron chi connectivity index (χ4n) is 3.38. The second-order valence-electron chi connectivity index (χ2n) is 7.12. The number of para-hydroxylation sites is 2. The van der Waals surface area contributed by atoms with Crippen molar-refractivity contribution in [3.8, 4) is 11.3 Å².